The molecule has 0 fully saturated rings. The third-order valence-corrected chi connectivity index (χ3v) is 7.36. The number of sulfone groups is 1. The molecule has 3 N–H and O–H groups in total. The van der Waals surface area contributed by atoms with Gasteiger partial charge in [0.05, 0.1) is 33.3 Å². The third kappa shape index (κ3) is 6.15. The number of hydrogen-bond acceptors (Lipinski definition) is 12. The highest BCUT2D eigenvalue weighted by molar-refractivity contribution is 7.94. The van der Waals surface area contributed by atoms with Gasteiger partial charge in [0, 0.05) is 17.1 Å². The lowest BCUT2D eigenvalue weighted by Gasteiger charge is -2.11. The van der Waals surface area contributed by atoms with Crippen LogP contribution in [0.5, 0.6) is 5.75 Å². The maximum Gasteiger partial charge on any atom is 0.313 e. The first-order valence-electron chi connectivity index (χ1n) is 10.4. The van der Waals surface area contributed by atoms with Gasteiger partial charge in [-0.25, -0.2) is 13.7 Å². The molecule has 0 radical (unpaired) electrons. The van der Waals surface area contributed by atoms with E-state index in [0.717, 1.165) is 6.07 Å². The number of rotatable bonds is 9. The van der Waals surface area contributed by atoms with Crippen molar-refractivity contribution in [2.24, 2.45) is 10.2 Å². The summed E-state index contributed by atoms with van der Waals surface area (Å²) >= 11 is 0.528. The molecule has 0 unspecified atom stereocenters. The van der Waals surface area contributed by atoms with Gasteiger partial charge in [0.1, 0.15) is 11.5 Å². The molecule has 0 saturated carbocycles. The zero-order valence-electron chi connectivity index (χ0n) is 18.8. The molecule has 1 aromatic heterocycles. The Hall–Kier alpha value is -3.76. The largest absolute Gasteiger partial charge is 0.505 e. The van der Waals surface area contributed by atoms with Gasteiger partial charge in [-0.2, -0.15) is 23.9 Å². The van der Waals surface area contributed by atoms with Crippen LogP contribution in [0.25, 0.3) is 10.8 Å². The molecule has 0 aliphatic carbocycles. The monoisotopic (exact) mass is 549 g/mol. The predicted octanol–water partition coefficient (Wildman–Crippen LogP) is 5.99. The number of hydrogen-bond donors (Lipinski definition) is 3. The Bertz CT molecular complexity index is 1570. The first-order chi connectivity index (χ1) is 17.7. The number of aromatic nitrogens is 2. The van der Waals surface area contributed by atoms with Gasteiger partial charge in [0.2, 0.25) is 5.95 Å². The first-order valence-corrected chi connectivity index (χ1v) is 12.8. The Kier molecular flexibility index (Phi) is 7.89. The molecule has 3 aromatic carbocycles. The minimum absolute atomic E-state index is 0.0274. The van der Waals surface area contributed by atoms with Gasteiger partial charge in [-0.3, -0.25) is 0 Å². The second-order valence-electron chi connectivity index (χ2n) is 7.30. The van der Waals surface area contributed by atoms with E-state index in [1.165, 1.54) is 49.4 Å². The van der Waals surface area contributed by atoms with E-state index < -0.39 is 21.9 Å². The van der Waals surface area contributed by atoms with Crippen LogP contribution in [0.3, 0.4) is 0 Å². The van der Waals surface area contributed by atoms with Crippen molar-refractivity contribution < 1.29 is 36.9 Å². The number of nitrogens with zero attached hydrogens (tertiary/aromatic N) is 4. The normalized spacial score (nSPS) is 11.9. The SMILES string of the molecule is CCS(=O)(=O)c1ccc(N=Nc2c(SOOO)cc3cc(Nc4cc(F)nc(F)n4)ccc3c2O)cc1. The van der Waals surface area contributed by atoms with Crippen LogP contribution in [0, 0.1) is 12.0 Å². The van der Waals surface area contributed by atoms with E-state index in [2.05, 4.69) is 34.9 Å². The molecule has 0 amide bonds. The summed E-state index contributed by atoms with van der Waals surface area (Å²) in [4.78, 5) is 6.73. The first kappa shape index (κ1) is 26.3. The Morgan fingerprint density at radius 3 is 2.49 bits per heavy atom. The lowest BCUT2D eigenvalue weighted by molar-refractivity contribution is -0.432. The van der Waals surface area contributed by atoms with E-state index in [9.17, 15) is 22.3 Å². The third-order valence-electron chi connectivity index (χ3n) is 4.99. The van der Waals surface area contributed by atoms with E-state index in [4.69, 9.17) is 5.26 Å². The number of aromatic hydroxyl groups is 1. The molecule has 15 heteroatoms. The lowest BCUT2D eigenvalue weighted by Crippen LogP contribution is -2.02. The van der Waals surface area contributed by atoms with Crippen molar-refractivity contribution in [1.82, 2.24) is 9.97 Å². The second-order valence-corrected chi connectivity index (χ2v) is 10.3. The molecule has 192 valence electrons. The van der Waals surface area contributed by atoms with Gasteiger partial charge in [-0.1, -0.05) is 12.0 Å². The van der Waals surface area contributed by atoms with Crippen LogP contribution in [0.15, 0.2) is 74.6 Å². The van der Waals surface area contributed by atoms with Crippen LogP contribution >= 0.6 is 12.0 Å². The molecule has 0 aliphatic rings. The molecule has 0 atom stereocenters. The molecule has 0 bridgehead atoms. The van der Waals surface area contributed by atoms with Crippen molar-refractivity contribution in [3.8, 4) is 5.75 Å². The average Bonchev–Trinajstić information content (AvgIpc) is 2.86. The molecular formula is C22H17F2N5O6S2. The zero-order chi connectivity index (χ0) is 26.6. The molecule has 37 heavy (non-hydrogen) atoms. The van der Waals surface area contributed by atoms with Crippen LogP contribution in [-0.4, -0.2) is 34.5 Å². The van der Waals surface area contributed by atoms with Crippen LogP contribution in [0.2, 0.25) is 0 Å². The molecule has 0 saturated heterocycles. The smallest absolute Gasteiger partial charge is 0.313 e. The van der Waals surface area contributed by atoms with Gasteiger partial charge in [-0.05, 0) is 53.9 Å². The molecule has 4 rings (SSSR count). The fourth-order valence-corrected chi connectivity index (χ4v) is 4.62. The Morgan fingerprint density at radius 2 is 1.81 bits per heavy atom. The Labute approximate surface area is 212 Å². The molecule has 0 spiro atoms. The van der Waals surface area contributed by atoms with E-state index in [1.54, 1.807) is 6.07 Å². The van der Waals surface area contributed by atoms with Gasteiger partial charge in [0.25, 0.3) is 0 Å². The number of anilines is 2. The quantitative estimate of drug-likeness (QED) is 0.0565. The number of nitrogens with one attached hydrogen (secondary N) is 1. The molecule has 1 heterocycles. The van der Waals surface area contributed by atoms with E-state index in [0.29, 0.717) is 34.2 Å². The zero-order valence-corrected chi connectivity index (χ0v) is 20.4. The number of halogens is 2. The van der Waals surface area contributed by atoms with Gasteiger partial charge < -0.3 is 10.4 Å². The summed E-state index contributed by atoms with van der Waals surface area (Å²) < 4.78 is 55.2. The highest BCUT2D eigenvalue weighted by Gasteiger charge is 2.16. The van der Waals surface area contributed by atoms with Crippen molar-refractivity contribution in [2.45, 2.75) is 16.7 Å². The van der Waals surface area contributed by atoms with Crippen molar-refractivity contribution in [3.63, 3.8) is 0 Å². The summed E-state index contributed by atoms with van der Waals surface area (Å²) in [5, 5.41) is 34.8. The van der Waals surface area contributed by atoms with Crippen molar-refractivity contribution in [3.05, 3.63) is 66.6 Å². The minimum atomic E-state index is -3.38. The fraction of sp³-hybridized carbons (Fsp3) is 0.0909. The summed E-state index contributed by atoms with van der Waals surface area (Å²) in [7, 11) is -3.38. The van der Waals surface area contributed by atoms with E-state index in [1.807, 2.05) is 0 Å². The summed E-state index contributed by atoms with van der Waals surface area (Å²) in [6, 6.07) is 12.8. The number of phenolic OH excluding ortho intramolecular Hbond substituents is 1. The minimum Gasteiger partial charge on any atom is -0.505 e. The second kappa shape index (κ2) is 11.1. The van der Waals surface area contributed by atoms with Crippen LogP contribution in [0.1, 0.15) is 6.92 Å². The number of benzene rings is 3. The highest BCUT2D eigenvalue weighted by atomic mass is 32.2. The number of phenols is 1. The van der Waals surface area contributed by atoms with Gasteiger partial charge in [-0.15, -0.1) is 9.45 Å². The van der Waals surface area contributed by atoms with E-state index in [-0.39, 0.29) is 32.8 Å². The number of fused-ring (bicyclic) bond motifs is 1. The summed E-state index contributed by atoms with van der Waals surface area (Å²) in [6.45, 7) is 1.54. The Morgan fingerprint density at radius 1 is 1.05 bits per heavy atom. The molecule has 11 nitrogen and oxygen atoms in total. The Balaban J connectivity index is 1.69. The maximum absolute atomic E-state index is 13.4. The standard InChI is InChI=1S/C22H17F2N5O6S2/c1-2-37(32,33)15-6-3-13(4-7-15)28-29-20-17(36-35-34-31)10-12-9-14(5-8-16(12)21(20)30)25-19-11-18(23)26-22(24)27-19/h3-11,30-31H,2H2,1H3,(H,25,26,27). The van der Waals surface area contributed by atoms with Crippen LogP contribution < -0.4 is 5.32 Å². The fourth-order valence-electron chi connectivity index (χ4n) is 3.24. The van der Waals surface area contributed by atoms with Crippen molar-refractivity contribution in [2.75, 3.05) is 11.1 Å². The highest BCUT2D eigenvalue weighted by Crippen LogP contribution is 2.44. The topological polar surface area (TPSA) is 156 Å². The van der Waals surface area contributed by atoms with Crippen molar-refractivity contribution in [1.29, 1.82) is 0 Å². The maximum atomic E-state index is 13.4. The summed E-state index contributed by atoms with van der Waals surface area (Å²) in [5.74, 6) is -1.51. The average molecular weight is 550 g/mol. The predicted molar refractivity (Wildman–Crippen MR) is 130 cm³/mol. The number of azo groups is 1. The molecule has 0 aliphatic heterocycles. The van der Waals surface area contributed by atoms with Gasteiger partial charge >= 0.3 is 6.08 Å². The van der Waals surface area contributed by atoms with Crippen molar-refractivity contribution >= 4 is 55.5 Å². The lowest BCUT2D eigenvalue weighted by atomic mass is 10.1. The molecular weight excluding hydrogens is 532 g/mol. The van der Waals surface area contributed by atoms with Gasteiger partial charge in [0.15, 0.2) is 15.6 Å². The van der Waals surface area contributed by atoms with Crippen LogP contribution in [0.4, 0.5) is 31.7 Å². The van der Waals surface area contributed by atoms with E-state index >= 15 is 0 Å². The van der Waals surface area contributed by atoms with Crippen LogP contribution in [-0.2, 0) is 19.2 Å². The molecule has 4 aromatic rings. The summed E-state index contributed by atoms with van der Waals surface area (Å²) in [6.07, 6.45) is -1.24. The summed E-state index contributed by atoms with van der Waals surface area (Å²) in [5.41, 5.74) is 0.672.